The van der Waals surface area contributed by atoms with Crippen LogP contribution in [-0.2, 0) is 13.1 Å². The van der Waals surface area contributed by atoms with E-state index in [1.54, 1.807) is 12.4 Å². The van der Waals surface area contributed by atoms with Gasteiger partial charge >= 0.3 is 0 Å². The van der Waals surface area contributed by atoms with E-state index in [2.05, 4.69) is 26.0 Å². The highest BCUT2D eigenvalue weighted by Crippen LogP contribution is 2.26. The van der Waals surface area contributed by atoms with Crippen molar-refractivity contribution in [2.75, 3.05) is 6.54 Å². The van der Waals surface area contributed by atoms with E-state index in [0.29, 0.717) is 5.56 Å². The number of fused-ring (bicyclic) bond motifs is 2. The Bertz CT molecular complexity index is 1130. The smallest absolute Gasteiger partial charge is 0.250 e. The second-order valence-corrected chi connectivity index (χ2v) is 6.69. The van der Waals surface area contributed by atoms with E-state index in [-0.39, 0.29) is 0 Å². The minimum absolute atomic E-state index is 0.449. The second kappa shape index (κ2) is 6.10. The summed E-state index contributed by atoms with van der Waals surface area (Å²) in [6.07, 6.45) is 6.36. The SMILES string of the molecule is NC(=O)c1c[nH]c2ccc(-n3ccnc3-c3cc4n(n3)CCCNC4)cc12. The summed E-state index contributed by atoms with van der Waals surface area (Å²) in [6.45, 7) is 2.72. The van der Waals surface area contributed by atoms with Gasteiger partial charge in [0.05, 0.1) is 11.3 Å². The predicted octanol–water partition coefficient (Wildman–Crippen LogP) is 1.81. The first-order valence-electron chi connectivity index (χ1n) is 8.93. The Kier molecular flexibility index (Phi) is 3.58. The molecule has 3 aromatic heterocycles. The van der Waals surface area contributed by atoms with E-state index in [4.69, 9.17) is 10.8 Å². The normalized spacial score (nSPS) is 14.2. The fourth-order valence-corrected chi connectivity index (χ4v) is 3.63. The van der Waals surface area contributed by atoms with Crippen LogP contribution in [-0.4, -0.2) is 36.8 Å². The molecule has 0 fully saturated rings. The molecule has 0 saturated carbocycles. The van der Waals surface area contributed by atoms with Crippen LogP contribution in [0.5, 0.6) is 0 Å². The summed E-state index contributed by atoms with van der Waals surface area (Å²) in [7, 11) is 0. The van der Waals surface area contributed by atoms with Gasteiger partial charge in [-0.15, -0.1) is 0 Å². The first kappa shape index (κ1) is 15.8. The van der Waals surface area contributed by atoms with Gasteiger partial charge in [0.15, 0.2) is 5.82 Å². The lowest BCUT2D eigenvalue weighted by molar-refractivity contribution is 0.100. The van der Waals surface area contributed by atoms with Crippen molar-refractivity contribution in [2.24, 2.45) is 5.73 Å². The number of carbonyl (C=O) groups is 1. The number of rotatable bonds is 3. The molecule has 1 aromatic carbocycles. The summed E-state index contributed by atoms with van der Waals surface area (Å²) in [5.74, 6) is 0.320. The first-order valence-corrected chi connectivity index (χ1v) is 8.93. The molecule has 1 aliphatic rings. The van der Waals surface area contributed by atoms with Gasteiger partial charge in [-0.25, -0.2) is 4.98 Å². The predicted molar refractivity (Wildman–Crippen MR) is 101 cm³/mol. The van der Waals surface area contributed by atoms with Crippen molar-refractivity contribution in [2.45, 2.75) is 19.5 Å². The van der Waals surface area contributed by atoms with Gasteiger partial charge in [0.1, 0.15) is 5.69 Å². The number of nitrogens with one attached hydrogen (secondary N) is 2. The third-order valence-corrected chi connectivity index (χ3v) is 4.97. The van der Waals surface area contributed by atoms with E-state index >= 15 is 0 Å². The van der Waals surface area contributed by atoms with Gasteiger partial charge in [0.2, 0.25) is 0 Å². The Morgan fingerprint density at radius 1 is 1.26 bits per heavy atom. The number of imidazole rings is 1. The molecule has 0 aliphatic carbocycles. The molecule has 5 rings (SSSR count). The molecule has 0 unspecified atom stereocenters. The van der Waals surface area contributed by atoms with Crippen molar-refractivity contribution < 1.29 is 4.79 Å². The van der Waals surface area contributed by atoms with Crippen molar-refractivity contribution in [1.29, 1.82) is 0 Å². The molecule has 136 valence electrons. The molecule has 4 aromatic rings. The molecule has 8 heteroatoms. The molecular formula is C19H19N7O. The van der Waals surface area contributed by atoms with Gasteiger partial charge in [0, 0.05) is 48.3 Å². The van der Waals surface area contributed by atoms with Crippen LogP contribution < -0.4 is 11.1 Å². The summed E-state index contributed by atoms with van der Waals surface area (Å²) >= 11 is 0. The Morgan fingerprint density at radius 2 is 2.19 bits per heavy atom. The average molecular weight is 361 g/mol. The maximum Gasteiger partial charge on any atom is 0.250 e. The standard InChI is InChI=1S/C19H19N7O/c20-18(27)15-11-23-16-3-2-12(8-14(15)16)25-7-5-22-19(25)17-9-13-10-21-4-1-6-26(13)24-17/h2-3,5,7-9,11,21,23H,1,4,6,10H2,(H2,20,27). The van der Waals surface area contributed by atoms with E-state index in [1.165, 1.54) is 0 Å². The van der Waals surface area contributed by atoms with Crippen molar-refractivity contribution >= 4 is 16.8 Å². The summed E-state index contributed by atoms with van der Waals surface area (Å²) in [5.41, 5.74) is 9.73. The lowest BCUT2D eigenvalue weighted by Gasteiger charge is -2.07. The number of aryl methyl sites for hydroxylation is 1. The van der Waals surface area contributed by atoms with Crippen molar-refractivity contribution in [3.8, 4) is 17.2 Å². The Labute approximate surface area is 155 Å². The maximum atomic E-state index is 11.7. The fourth-order valence-electron chi connectivity index (χ4n) is 3.63. The van der Waals surface area contributed by atoms with E-state index < -0.39 is 5.91 Å². The monoisotopic (exact) mass is 361 g/mol. The number of aromatic amines is 1. The van der Waals surface area contributed by atoms with Gasteiger partial charge < -0.3 is 16.0 Å². The highest BCUT2D eigenvalue weighted by Gasteiger charge is 2.17. The van der Waals surface area contributed by atoms with Crippen LogP contribution >= 0.6 is 0 Å². The number of benzene rings is 1. The molecule has 4 heterocycles. The van der Waals surface area contributed by atoms with Crippen molar-refractivity contribution in [3.05, 3.63) is 54.1 Å². The zero-order valence-corrected chi connectivity index (χ0v) is 14.6. The summed E-state index contributed by atoms with van der Waals surface area (Å²) in [6, 6.07) is 7.95. The zero-order valence-electron chi connectivity index (χ0n) is 14.6. The number of hydrogen-bond acceptors (Lipinski definition) is 4. The number of nitrogens with two attached hydrogens (primary N) is 1. The lowest BCUT2D eigenvalue weighted by Crippen LogP contribution is -2.11. The molecule has 8 nitrogen and oxygen atoms in total. The van der Waals surface area contributed by atoms with Gasteiger partial charge in [0.25, 0.3) is 5.91 Å². The summed E-state index contributed by atoms with van der Waals surface area (Å²) in [5, 5.41) is 8.95. The van der Waals surface area contributed by atoms with Gasteiger partial charge in [-0.05, 0) is 37.2 Å². The Hall–Kier alpha value is -3.39. The molecular weight excluding hydrogens is 342 g/mol. The van der Waals surface area contributed by atoms with Crippen molar-refractivity contribution in [3.63, 3.8) is 0 Å². The lowest BCUT2D eigenvalue weighted by atomic mass is 10.1. The molecule has 27 heavy (non-hydrogen) atoms. The quantitative estimate of drug-likeness (QED) is 0.517. The third-order valence-electron chi connectivity index (χ3n) is 4.97. The third kappa shape index (κ3) is 2.61. The molecule has 1 amide bonds. The fraction of sp³-hybridized carbons (Fsp3) is 0.211. The highest BCUT2D eigenvalue weighted by atomic mass is 16.1. The van der Waals surface area contributed by atoms with E-state index in [1.807, 2.05) is 29.0 Å². The average Bonchev–Trinajstić information content (AvgIpc) is 3.36. The minimum atomic E-state index is -0.449. The number of aromatic nitrogens is 5. The van der Waals surface area contributed by atoms with Crippen LogP contribution in [0.25, 0.3) is 28.1 Å². The topological polar surface area (TPSA) is 107 Å². The van der Waals surface area contributed by atoms with Gasteiger partial charge in [-0.3, -0.25) is 14.0 Å². The van der Waals surface area contributed by atoms with Gasteiger partial charge in [-0.2, -0.15) is 5.10 Å². The van der Waals surface area contributed by atoms with Crippen LogP contribution in [0.4, 0.5) is 0 Å². The molecule has 1 aliphatic heterocycles. The highest BCUT2D eigenvalue weighted by molar-refractivity contribution is 6.06. The van der Waals surface area contributed by atoms with Crippen LogP contribution in [0.1, 0.15) is 22.5 Å². The first-order chi connectivity index (χ1) is 13.2. The largest absolute Gasteiger partial charge is 0.366 e. The Balaban J connectivity index is 1.60. The molecule has 0 spiro atoms. The molecule has 4 N–H and O–H groups in total. The number of primary amides is 1. The molecule has 0 saturated heterocycles. The van der Waals surface area contributed by atoms with E-state index in [9.17, 15) is 4.79 Å². The zero-order chi connectivity index (χ0) is 18.4. The maximum absolute atomic E-state index is 11.7. The number of hydrogen-bond donors (Lipinski definition) is 3. The molecule has 0 radical (unpaired) electrons. The number of H-pyrrole nitrogens is 1. The second-order valence-electron chi connectivity index (χ2n) is 6.69. The summed E-state index contributed by atoms with van der Waals surface area (Å²) < 4.78 is 4.03. The van der Waals surface area contributed by atoms with Crippen LogP contribution in [0.3, 0.4) is 0 Å². The minimum Gasteiger partial charge on any atom is -0.366 e. The molecule has 0 bridgehead atoms. The number of carbonyl (C=O) groups excluding carboxylic acids is 1. The van der Waals surface area contributed by atoms with Gasteiger partial charge in [-0.1, -0.05) is 0 Å². The van der Waals surface area contributed by atoms with Crippen LogP contribution in [0, 0.1) is 0 Å². The van der Waals surface area contributed by atoms with Crippen molar-refractivity contribution in [1.82, 2.24) is 29.6 Å². The Morgan fingerprint density at radius 3 is 3.07 bits per heavy atom. The van der Waals surface area contributed by atoms with E-state index in [0.717, 1.165) is 59.9 Å². The number of amides is 1. The number of nitrogens with zero attached hydrogens (tertiary/aromatic N) is 4. The molecule has 0 atom stereocenters. The van der Waals surface area contributed by atoms with Crippen LogP contribution in [0.2, 0.25) is 0 Å². The van der Waals surface area contributed by atoms with Crippen LogP contribution in [0.15, 0.2) is 42.9 Å². The summed E-state index contributed by atoms with van der Waals surface area (Å²) in [4.78, 5) is 19.3.